The second-order valence-electron chi connectivity index (χ2n) is 4.37. The van der Waals surface area contributed by atoms with E-state index >= 15 is 0 Å². The summed E-state index contributed by atoms with van der Waals surface area (Å²) in [5.41, 5.74) is 3.98. The molecule has 2 rings (SSSR count). The van der Waals surface area contributed by atoms with Crippen molar-refractivity contribution in [2.75, 3.05) is 0 Å². The summed E-state index contributed by atoms with van der Waals surface area (Å²) in [7, 11) is 0. The Balaban J connectivity index is 2.61. The highest BCUT2D eigenvalue weighted by atomic mass is 16.1. The Morgan fingerprint density at radius 2 is 2.00 bits per heavy atom. The van der Waals surface area contributed by atoms with E-state index in [1.807, 2.05) is 0 Å². The number of pyridine rings is 1. The van der Waals surface area contributed by atoms with Crippen LogP contribution in [-0.4, -0.2) is 16.5 Å². The van der Waals surface area contributed by atoms with Crippen LogP contribution in [0.1, 0.15) is 54.0 Å². The van der Waals surface area contributed by atoms with Crippen LogP contribution in [0.25, 0.3) is 0 Å². The average molecular weight is 216 g/mol. The zero-order valence-corrected chi connectivity index (χ0v) is 9.76. The van der Waals surface area contributed by atoms with Gasteiger partial charge in [-0.3, -0.25) is 9.78 Å². The Morgan fingerprint density at radius 3 is 2.62 bits per heavy atom. The van der Waals surface area contributed by atoms with Gasteiger partial charge in [-0.25, -0.2) is 0 Å². The molecule has 1 heterocycles. The van der Waals surface area contributed by atoms with Gasteiger partial charge >= 0.3 is 0 Å². The zero-order valence-electron chi connectivity index (χ0n) is 9.76. The van der Waals surface area contributed by atoms with E-state index in [2.05, 4.69) is 4.98 Å². The van der Waals surface area contributed by atoms with Crippen LogP contribution in [0.4, 0.5) is 0 Å². The summed E-state index contributed by atoms with van der Waals surface area (Å²) in [4.78, 5) is 16.1. The molecule has 0 spiro atoms. The van der Waals surface area contributed by atoms with Crippen LogP contribution in [0, 0.1) is 5.41 Å². The number of nitrogens with one attached hydrogen (secondary N) is 1. The molecule has 0 aromatic carbocycles. The molecule has 1 aromatic heterocycles. The molecule has 0 saturated carbocycles. The fourth-order valence-corrected chi connectivity index (χ4v) is 2.21. The maximum Gasteiger partial charge on any atom is 0.160 e. The SMILES string of the molecule is CC(=N)c1cc(C(C)=O)c2c(n1)CCCC2. The number of hydrogen-bond donors (Lipinski definition) is 1. The number of nitrogens with zero attached hydrogens (tertiary/aromatic N) is 1. The van der Waals surface area contributed by atoms with Crippen LogP contribution >= 0.6 is 0 Å². The molecule has 0 radical (unpaired) electrons. The second-order valence-corrected chi connectivity index (χ2v) is 4.37. The van der Waals surface area contributed by atoms with Crippen molar-refractivity contribution in [3.05, 3.63) is 28.6 Å². The number of hydrogen-bond acceptors (Lipinski definition) is 3. The fraction of sp³-hybridized carbons (Fsp3) is 0.462. The van der Waals surface area contributed by atoms with Gasteiger partial charge in [-0.2, -0.15) is 0 Å². The lowest BCUT2D eigenvalue weighted by molar-refractivity contribution is 0.101. The molecule has 0 bridgehead atoms. The number of carbonyl (C=O) groups excluding carboxylic acids is 1. The Morgan fingerprint density at radius 1 is 1.31 bits per heavy atom. The highest BCUT2D eigenvalue weighted by molar-refractivity contribution is 6.00. The van der Waals surface area contributed by atoms with Gasteiger partial charge in [0.15, 0.2) is 5.78 Å². The van der Waals surface area contributed by atoms with Crippen LogP contribution in [-0.2, 0) is 12.8 Å². The third-order valence-corrected chi connectivity index (χ3v) is 3.06. The van der Waals surface area contributed by atoms with Crippen molar-refractivity contribution in [1.29, 1.82) is 5.41 Å². The van der Waals surface area contributed by atoms with E-state index in [4.69, 9.17) is 5.41 Å². The molecule has 3 nitrogen and oxygen atoms in total. The van der Waals surface area contributed by atoms with E-state index in [-0.39, 0.29) is 5.78 Å². The lowest BCUT2D eigenvalue weighted by atomic mass is 9.90. The topological polar surface area (TPSA) is 53.8 Å². The largest absolute Gasteiger partial charge is 0.303 e. The Bertz CT molecular complexity index is 463. The number of carbonyl (C=O) groups is 1. The number of ketones is 1. The van der Waals surface area contributed by atoms with Gasteiger partial charge in [0.2, 0.25) is 0 Å². The number of aromatic nitrogens is 1. The summed E-state index contributed by atoms with van der Waals surface area (Å²) in [6, 6.07) is 1.77. The summed E-state index contributed by atoms with van der Waals surface area (Å²) in [6.45, 7) is 3.30. The monoisotopic (exact) mass is 216 g/mol. The van der Waals surface area contributed by atoms with Crippen LogP contribution in [0.3, 0.4) is 0 Å². The van der Waals surface area contributed by atoms with Crippen LogP contribution in [0.2, 0.25) is 0 Å². The summed E-state index contributed by atoms with van der Waals surface area (Å²) >= 11 is 0. The lowest BCUT2D eigenvalue weighted by Crippen LogP contribution is -2.14. The summed E-state index contributed by atoms with van der Waals surface area (Å²) in [6.07, 6.45) is 4.17. The van der Waals surface area contributed by atoms with E-state index in [1.54, 1.807) is 19.9 Å². The Kier molecular flexibility index (Phi) is 2.86. The van der Waals surface area contributed by atoms with Gasteiger partial charge in [-0.1, -0.05) is 0 Å². The van der Waals surface area contributed by atoms with Crippen LogP contribution in [0.15, 0.2) is 6.07 Å². The van der Waals surface area contributed by atoms with E-state index in [0.717, 1.165) is 42.5 Å². The minimum absolute atomic E-state index is 0.0862. The Labute approximate surface area is 95.4 Å². The molecular formula is C13H16N2O. The molecular weight excluding hydrogens is 200 g/mol. The molecule has 1 aromatic rings. The lowest BCUT2D eigenvalue weighted by Gasteiger charge is -2.18. The molecule has 0 aliphatic heterocycles. The first-order valence-corrected chi connectivity index (χ1v) is 5.69. The number of aryl methyl sites for hydroxylation is 1. The van der Waals surface area contributed by atoms with Gasteiger partial charge in [-0.15, -0.1) is 0 Å². The first-order valence-electron chi connectivity index (χ1n) is 5.69. The van der Waals surface area contributed by atoms with Gasteiger partial charge in [0.1, 0.15) is 0 Å². The van der Waals surface area contributed by atoms with Crippen molar-refractivity contribution >= 4 is 11.5 Å². The molecule has 1 aliphatic rings. The van der Waals surface area contributed by atoms with Gasteiger partial charge in [-0.05, 0) is 51.2 Å². The van der Waals surface area contributed by atoms with Gasteiger partial charge in [0, 0.05) is 11.3 Å². The predicted molar refractivity (Wildman–Crippen MR) is 63.4 cm³/mol. The normalized spacial score (nSPS) is 14.4. The van der Waals surface area contributed by atoms with Gasteiger partial charge in [0.25, 0.3) is 0 Å². The molecule has 1 aliphatic carbocycles. The van der Waals surface area contributed by atoms with Crippen LogP contribution in [0.5, 0.6) is 0 Å². The van der Waals surface area contributed by atoms with Crippen molar-refractivity contribution in [3.63, 3.8) is 0 Å². The molecule has 0 fully saturated rings. The minimum Gasteiger partial charge on any atom is -0.303 e. The molecule has 3 heteroatoms. The maximum absolute atomic E-state index is 11.6. The van der Waals surface area contributed by atoms with E-state index in [1.165, 1.54) is 0 Å². The van der Waals surface area contributed by atoms with Crippen molar-refractivity contribution in [1.82, 2.24) is 4.98 Å². The average Bonchev–Trinajstić information content (AvgIpc) is 2.27. The first kappa shape index (κ1) is 11.0. The third-order valence-electron chi connectivity index (χ3n) is 3.06. The highest BCUT2D eigenvalue weighted by Crippen LogP contribution is 2.24. The summed E-state index contributed by atoms with van der Waals surface area (Å²) in [5.74, 6) is 0.0862. The van der Waals surface area contributed by atoms with Crippen molar-refractivity contribution < 1.29 is 4.79 Å². The van der Waals surface area contributed by atoms with Crippen LogP contribution < -0.4 is 0 Å². The molecule has 16 heavy (non-hydrogen) atoms. The standard InChI is InChI=1S/C13H16N2O/c1-8(14)13-7-11(9(2)16)10-5-3-4-6-12(10)15-13/h7,14H,3-6H2,1-2H3. The van der Waals surface area contributed by atoms with Crippen molar-refractivity contribution in [2.24, 2.45) is 0 Å². The zero-order chi connectivity index (χ0) is 11.7. The van der Waals surface area contributed by atoms with E-state index < -0.39 is 0 Å². The minimum atomic E-state index is 0.0862. The molecule has 0 amide bonds. The van der Waals surface area contributed by atoms with Gasteiger partial charge < -0.3 is 5.41 Å². The van der Waals surface area contributed by atoms with Gasteiger partial charge in [0.05, 0.1) is 11.4 Å². The second kappa shape index (κ2) is 4.16. The third kappa shape index (κ3) is 1.90. The van der Waals surface area contributed by atoms with Crippen molar-refractivity contribution in [3.8, 4) is 0 Å². The Hall–Kier alpha value is -1.51. The van der Waals surface area contributed by atoms with Crippen molar-refractivity contribution in [2.45, 2.75) is 39.5 Å². The first-order chi connectivity index (χ1) is 7.59. The van der Waals surface area contributed by atoms with E-state index in [0.29, 0.717) is 11.4 Å². The predicted octanol–water partition coefficient (Wildman–Crippen LogP) is 2.55. The molecule has 1 N–H and O–H groups in total. The summed E-state index contributed by atoms with van der Waals surface area (Å²) in [5, 5.41) is 7.62. The van der Waals surface area contributed by atoms with E-state index in [9.17, 15) is 4.79 Å². The maximum atomic E-state index is 11.6. The molecule has 0 atom stereocenters. The quantitative estimate of drug-likeness (QED) is 0.610. The number of rotatable bonds is 2. The molecule has 0 unspecified atom stereocenters. The fourth-order valence-electron chi connectivity index (χ4n) is 2.21. The molecule has 0 saturated heterocycles. The molecule has 84 valence electrons. The number of Topliss-reactive ketones (excluding diaryl/α,β-unsaturated/α-hetero) is 1. The highest BCUT2D eigenvalue weighted by Gasteiger charge is 2.18. The smallest absolute Gasteiger partial charge is 0.160 e. The summed E-state index contributed by atoms with van der Waals surface area (Å²) < 4.78 is 0. The number of fused-ring (bicyclic) bond motifs is 1.